The lowest BCUT2D eigenvalue weighted by Crippen LogP contribution is -2.47. The van der Waals surface area contributed by atoms with Gasteiger partial charge in [-0.25, -0.2) is 9.59 Å². The van der Waals surface area contributed by atoms with Gasteiger partial charge in [0.05, 0.1) is 32.9 Å². The maximum Gasteiger partial charge on any atom is 0.337 e. The largest absolute Gasteiger partial charge is 0.502 e. The quantitative estimate of drug-likeness (QED) is 0.788. The number of rotatable bonds is 5. The van der Waals surface area contributed by atoms with Gasteiger partial charge in [-0.15, -0.1) is 0 Å². The fourth-order valence-corrected chi connectivity index (χ4v) is 2.87. The summed E-state index contributed by atoms with van der Waals surface area (Å²) in [4.78, 5) is 26.2. The lowest BCUT2D eigenvalue weighted by atomic mass is 9.94. The van der Waals surface area contributed by atoms with Gasteiger partial charge < -0.3 is 24.6 Å². The number of aromatic hydroxyl groups is 1. The van der Waals surface area contributed by atoms with Crippen molar-refractivity contribution >= 4 is 12.0 Å². The molecule has 1 aliphatic rings. The van der Waals surface area contributed by atoms with Crippen LogP contribution in [0.2, 0.25) is 0 Å². The van der Waals surface area contributed by atoms with Crippen molar-refractivity contribution in [1.29, 1.82) is 0 Å². The van der Waals surface area contributed by atoms with Crippen LogP contribution in [0.15, 0.2) is 23.4 Å². The number of ether oxygens (including phenoxy) is 3. The molecule has 25 heavy (non-hydrogen) atoms. The van der Waals surface area contributed by atoms with Crippen molar-refractivity contribution in [2.45, 2.75) is 19.9 Å². The molecule has 136 valence electrons. The molecule has 0 fully saturated rings. The first-order chi connectivity index (χ1) is 11.9. The Kier molecular flexibility index (Phi) is 5.41. The summed E-state index contributed by atoms with van der Waals surface area (Å²) < 4.78 is 15.2. The molecule has 2 N–H and O–H groups in total. The Labute approximate surface area is 146 Å². The second-order valence-electron chi connectivity index (χ2n) is 5.39. The molecule has 1 atom stereocenters. The fraction of sp³-hybridized carbons (Fsp3) is 0.412. The molecule has 1 unspecified atom stereocenters. The number of phenolic OH excluding ortho intramolecular Hbond substituents is 1. The smallest absolute Gasteiger partial charge is 0.337 e. The molecule has 0 saturated carbocycles. The van der Waals surface area contributed by atoms with Crippen molar-refractivity contribution in [3.63, 3.8) is 0 Å². The highest BCUT2D eigenvalue weighted by molar-refractivity contribution is 5.95. The number of allylic oxidation sites excluding steroid dienone is 1. The van der Waals surface area contributed by atoms with Crippen molar-refractivity contribution in [3.05, 3.63) is 29.0 Å². The number of carbonyl (C=O) groups excluding carboxylic acids is 2. The molecule has 0 radical (unpaired) electrons. The van der Waals surface area contributed by atoms with Crippen LogP contribution in [0, 0.1) is 0 Å². The number of phenols is 1. The zero-order chi connectivity index (χ0) is 18.7. The Morgan fingerprint density at radius 3 is 2.24 bits per heavy atom. The molecule has 0 aliphatic carbocycles. The minimum Gasteiger partial charge on any atom is -0.502 e. The number of nitrogens with one attached hydrogen (secondary N) is 1. The molecule has 0 saturated heterocycles. The normalized spacial score (nSPS) is 17.2. The standard InChI is InChI=1S/C17H22N2O6/c1-6-19-9(2)13(16(21)25-5)14(18-17(19)22)10-7-11(23-3)15(20)12(8-10)24-4/h7-8,14,20H,6H2,1-5H3,(H,18,22). The van der Waals surface area contributed by atoms with E-state index < -0.39 is 12.0 Å². The number of esters is 1. The summed E-state index contributed by atoms with van der Waals surface area (Å²) in [5, 5.41) is 12.9. The third kappa shape index (κ3) is 3.19. The number of amides is 2. The number of carbonyl (C=O) groups is 2. The second kappa shape index (κ2) is 7.33. The number of urea groups is 1. The summed E-state index contributed by atoms with van der Waals surface area (Å²) in [6, 6.07) is 2.00. The van der Waals surface area contributed by atoms with Gasteiger partial charge in [-0.3, -0.25) is 4.90 Å². The Morgan fingerprint density at radius 2 is 1.80 bits per heavy atom. The van der Waals surface area contributed by atoms with Crippen LogP contribution in [-0.2, 0) is 9.53 Å². The first-order valence-corrected chi connectivity index (χ1v) is 7.71. The molecule has 0 aromatic heterocycles. The average molecular weight is 350 g/mol. The van der Waals surface area contributed by atoms with Gasteiger partial charge in [-0.2, -0.15) is 0 Å². The van der Waals surface area contributed by atoms with Crippen LogP contribution < -0.4 is 14.8 Å². The molecule has 2 amide bonds. The van der Waals surface area contributed by atoms with E-state index in [1.807, 2.05) is 6.92 Å². The van der Waals surface area contributed by atoms with E-state index in [4.69, 9.17) is 14.2 Å². The van der Waals surface area contributed by atoms with Crippen LogP contribution in [0.25, 0.3) is 0 Å². The number of hydrogen-bond acceptors (Lipinski definition) is 6. The summed E-state index contributed by atoms with van der Waals surface area (Å²) in [6.45, 7) is 3.91. The van der Waals surface area contributed by atoms with Crippen molar-refractivity contribution < 1.29 is 28.9 Å². The van der Waals surface area contributed by atoms with Crippen LogP contribution in [0.3, 0.4) is 0 Å². The summed E-state index contributed by atoms with van der Waals surface area (Å²) >= 11 is 0. The lowest BCUT2D eigenvalue weighted by molar-refractivity contribution is -0.136. The van der Waals surface area contributed by atoms with E-state index in [2.05, 4.69) is 5.32 Å². The van der Waals surface area contributed by atoms with E-state index in [-0.39, 0.29) is 23.3 Å². The van der Waals surface area contributed by atoms with Crippen molar-refractivity contribution in [2.24, 2.45) is 0 Å². The van der Waals surface area contributed by atoms with Gasteiger partial charge in [0.2, 0.25) is 5.75 Å². The average Bonchev–Trinajstić information content (AvgIpc) is 2.61. The highest BCUT2D eigenvalue weighted by atomic mass is 16.5. The summed E-state index contributed by atoms with van der Waals surface area (Å²) in [5.41, 5.74) is 1.34. The van der Waals surface area contributed by atoms with Gasteiger partial charge >= 0.3 is 12.0 Å². The Hall–Kier alpha value is -2.90. The van der Waals surface area contributed by atoms with Gasteiger partial charge in [0.25, 0.3) is 0 Å². The number of nitrogens with zero attached hydrogens (tertiary/aromatic N) is 1. The molecule has 1 heterocycles. The minimum atomic E-state index is -0.758. The third-order valence-corrected chi connectivity index (χ3v) is 4.15. The Balaban J connectivity index is 2.65. The fourth-order valence-electron chi connectivity index (χ4n) is 2.87. The topological polar surface area (TPSA) is 97.3 Å². The van der Waals surface area contributed by atoms with E-state index in [9.17, 15) is 14.7 Å². The predicted octanol–water partition coefficient (Wildman–Crippen LogP) is 1.94. The summed E-state index contributed by atoms with van der Waals surface area (Å²) in [7, 11) is 4.09. The first-order valence-electron chi connectivity index (χ1n) is 7.71. The van der Waals surface area contributed by atoms with E-state index in [0.29, 0.717) is 23.4 Å². The second-order valence-corrected chi connectivity index (χ2v) is 5.39. The van der Waals surface area contributed by atoms with Crippen LogP contribution in [0.5, 0.6) is 17.2 Å². The minimum absolute atomic E-state index is 0.161. The molecule has 2 rings (SSSR count). The zero-order valence-electron chi connectivity index (χ0n) is 14.9. The maximum atomic E-state index is 12.4. The lowest BCUT2D eigenvalue weighted by Gasteiger charge is -2.34. The summed E-state index contributed by atoms with van der Waals surface area (Å²) in [6.07, 6.45) is 0. The predicted molar refractivity (Wildman–Crippen MR) is 89.6 cm³/mol. The van der Waals surface area contributed by atoms with E-state index in [0.717, 1.165) is 0 Å². The molecular weight excluding hydrogens is 328 g/mol. The van der Waals surface area contributed by atoms with Crippen LogP contribution in [-0.4, -0.2) is 49.9 Å². The van der Waals surface area contributed by atoms with E-state index in [1.165, 1.54) is 26.2 Å². The van der Waals surface area contributed by atoms with E-state index in [1.54, 1.807) is 19.1 Å². The van der Waals surface area contributed by atoms with Crippen LogP contribution in [0.4, 0.5) is 4.79 Å². The Bertz CT molecular complexity index is 703. The van der Waals surface area contributed by atoms with E-state index >= 15 is 0 Å². The molecule has 8 nitrogen and oxygen atoms in total. The molecule has 1 aromatic carbocycles. The molecule has 1 aromatic rings. The molecule has 0 spiro atoms. The van der Waals surface area contributed by atoms with Gasteiger partial charge in [-0.1, -0.05) is 0 Å². The molecule has 1 aliphatic heterocycles. The number of benzene rings is 1. The van der Waals surface area contributed by atoms with Gasteiger partial charge in [0, 0.05) is 12.2 Å². The van der Waals surface area contributed by atoms with Crippen LogP contribution >= 0.6 is 0 Å². The SMILES string of the molecule is CCN1C(=O)NC(c2cc(OC)c(O)c(OC)c2)C(C(=O)OC)=C1C. The zero-order valence-corrected chi connectivity index (χ0v) is 14.9. The highest BCUT2D eigenvalue weighted by Gasteiger charge is 2.36. The van der Waals surface area contributed by atoms with Gasteiger partial charge in [-0.05, 0) is 31.5 Å². The van der Waals surface area contributed by atoms with Gasteiger partial charge in [0.15, 0.2) is 11.5 Å². The van der Waals surface area contributed by atoms with Gasteiger partial charge in [0.1, 0.15) is 0 Å². The van der Waals surface area contributed by atoms with Crippen molar-refractivity contribution in [1.82, 2.24) is 10.2 Å². The highest BCUT2D eigenvalue weighted by Crippen LogP contribution is 2.41. The third-order valence-electron chi connectivity index (χ3n) is 4.15. The Morgan fingerprint density at radius 1 is 1.24 bits per heavy atom. The summed E-state index contributed by atoms with van der Waals surface area (Å²) in [5.74, 6) is -0.370. The van der Waals surface area contributed by atoms with Crippen LogP contribution in [0.1, 0.15) is 25.5 Å². The van der Waals surface area contributed by atoms with Crippen molar-refractivity contribution in [3.8, 4) is 17.2 Å². The first kappa shape index (κ1) is 18.4. The number of hydrogen-bond donors (Lipinski definition) is 2. The number of methoxy groups -OCH3 is 3. The molecular formula is C17H22N2O6. The monoisotopic (exact) mass is 350 g/mol. The van der Waals surface area contributed by atoms with Crippen molar-refractivity contribution in [2.75, 3.05) is 27.9 Å². The molecule has 8 heteroatoms. The molecule has 0 bridgehead atoms. The maximum absolute atomic E-state index is 12.4.